The zero-order valence-corrected chi connectivity index (χ0v) is 19.7. The standard InChI is InChI=1S/C24H32N4OS/c1-15(2)20(16-10-8-7-9-11-16)26-14-19(29)27-22-18(13-25)17-12-23(3,4)28-24(5,6)21(17)30-22/h7-11,15,20,26,28H,12,14H2,1-6H3,(H,27,29)/p+2/t20-/m1/s1. The van der Waals surface area contributed by atoms with E-state index in [4.69, 9.17) is 0 Å². The fourth-order valence-electron chi connectivity index (χ4n) is 4.79. The van der Waals surface area contributed by atoms with E-state index in [1.807, 2.05) is 18.2 Å². The minimum absolute atomic E-state index is 0.0262. The predicted molar refractivity (Wildman–Crippen MR) is 121 cm³/mol. The Morgan fingerprint density at radius 2 is 1.93 bits per heavy atom. The van der Waals surface area contributed by atoms with Gasteiger partial charge in [-0.1, -0.05) is 44.2 Å². The number of fused-ring (bicyclic) bond motifs is 1. The minimum Gasteiger partial charge on any atom is -0.333 e. The predicted octanol–water partition coefficient (Wildman–Crippen LogP) is 2.65. The van der Waals surface area contributed by atoms with Crippen LogP contribution in [-0.2, 0) is 16.8 Å². The maximum atomic E-state index is 12.8. The van der Waals surface area contributed by atoms with E-state index in [2.05, 4.69) is 75.7 Å². The number of hydrogen-bond donors (Lipinski definition) is 3. The molecule has 1 aromatic carbocycles. The van der Waals surface area contributed by atoms with E-state index in [0.717, 1.165) is 12.0 Å². The van der Waals surface area contributed by atoms with E-state index >= 15 is 0 Å². The number of thiophene rings is 1. The van der Waals surface area contributed by atoms with E-state index in [9.17, 15) is 10.1 Å². The lowest BCUT2D eigenvalue weighted by atomic mass is 9.81. The molecule has 30 heavy (non-hydrogen) atoms. The molecule has 1 atom stereocenters. The SMILES string of the molecule is CC(C)[C@@H]([NH2+]CC(=O)Nc1sc2c(c1C#N)CC(C)(C)[NH2+]C2(C)C)c1ccccc1. The Bertz CT molecular complexity index is 954. The Hall–Kier alpha value is -2.20. The number of rotatable bonds is 6. The molecule has 0 radical (unpaired) electrons. The second-order valence-corrected chi connectivity index (χ2v) is 10.9. The zero-order valence-electron chi connectivity index (χ0n) is 18.9. The number of nitrogens with one attached hydrogen (secondary N) is 1. The van der Waals surface area contributed by atoms with Gasteiger partial charge in [-0.2, -0.15) is 5.26 Å². The van der Waals surface area contributed by atoms with Crippen molar-refractivity contribution in [1.82, 2.24) is 0 Å². The number of hydrogen-bond acceptors (Lipinski definition) is 3. The van der Waals surface area contributed by atoms with Gasteiger partial charge in [0.2, 0.25) is 0 Å². The summed E-state index contributed by atoms with van der Waals surface area (Å²) in [4.78, 5) is 14.0. The molecule has 0 spiro atoms. The molecule has 160 valence electrons. The maximum Gasteiger partial charge on any atom is 0.280 e. The van der Waals surface area contributed by atoms with Gasteiger partial charge in [-0.15, -0.1) is 11.3 Å². The number of carbonyl (C=O) groups is 1. The average Bonchev–Trinajstić information content (AvgIpc) is 2.98. The molecule has 2 heterocycles. The maximum absolute atomic E-state index is 12.8. The highest BCUT2D eigenvalue weighted by Gasteiger charge is 2.44. The monoisotopic (exact) mass is 426 g/mol. The van der Waals surface area contributed by atoms with Crippen LogP contribution in [0, 0.1) is 17.2 Å². The lowest BCUT2D eigenvalue weighted by Crippen LogP contribution is -3.03. The first kappa shape index (κ1) is 22.5. The van der Waals surface area contributed by atoms with Crippen molar-refractivity contribution < 1.29 is 15.4 Å². The number of quaternary nitrogens is 2. The van der Waals surface area contributed by atoms with Gasteiger partial charge in [-0.25, -0.2) is 0 Å². The number of nitrogens with two attached hydrogens (primary N) is 2. The topological polar surface area (TPSA) is 86.1 Å². The molecule has 1 aliphatic heterocycles. The molecule has 2 aromatic rings. The van der Waals surface area contributed by atoms with Gasteiger partial charge in [0.1, 0.15) is 22.7 Å². The van der Waals surface area contributed by atoms with Crippen LogP contribution in [0.15, 0.2) is 30.3 Å². The van der Waals surface area contributed by atoms with Crippen LogP contribution in [0.25, 0.3) is 0 Å². The van der Waals surface area contributed by atoms with Crippen LogP contribution in [0.2, 0.25) is 0 Å². The molecule has 0 aliphatic carbocycles. The highest BCUT2D eigenvalue weighted by Crippen LogP contribution is 2.41. The van der Waals surface area contributed by atoms with Crippen LogP contribution < -0.4 is 16.0 Å². The van der Waals surface area contributed by atoms with E-state index in [-0.39, 0.29) is 23.0 Å². The second-order valence-electron chi connectivity index (χ2n) is 9.93. The molecule has 0 fully saturated rings. The number of carbonyl (C=O) groups excluding carboxylic acids is 1. The summed E-state index contributed by atoms with van der Waals surface area (Å²) in [5, 5.41) is 18.0. The minimum atomic E-state index is -0.113. The van der Waals surface area contributed by atoms with Crippen LogP contribution >= 0.6 is 11.3 Å². The summed E-state index contributed by atoms with van der Waals surface area (Å²) in [5.74, 6) is 0.343. The first-order chi connectivity index (χ1) is 14.0. The van der Waals surface area contributed by atoms with Crippen molar-refractivity contribution in [2.45, 2.75) is 65.1 Å². The highest BCUT2D eigenvalue weighted by molar-refractivity contribution is 7.16. The van der Waals surface area contributed by atoms with Crippen molar-refractivity contribution in [2.75, 3.05) is 11.9 Å². The Labute approximate surface area is 183 Å². The van der Waals surface area contributed by atoms with Crippen molar-refractivity contribution in [3.05, 3.63) is 51.9 Å². The molecule has 1 aliphatic rings. The van der Waals surface area contributed by atoms with Crippen LogP contribution in [-0.4, -0.2) is 18.0 Å². The Morgan fingerprint density at radius 3 is 2.53 bits per heavy atom. The molecule has 0 unspecified atom stereocenters. The van der Waals surface area contributed by atoms with E-state index in [1.54, 1.807) is 11.3 Å². The summed E-state index contributed by atoms with van der Waals surface area (Å²) in [7, 11) is 0. The summed E-state index contributed by atoms with van der Waals surface area (Å²) in [6, 6.07) is 12.9. The van der Waals surface area contributed by atoms with Gasteiger partial charge in [0.15, 0.2) is 6.54 Å². The third kappa shape index (κ3) is 4.75. The lowest BCUT2D eigenvalue weighted by molar-refractivity contribution is -0.789. The van der Waals surface area contributed by atoms with Crippen LogP contribution in [0.1, 0.15) is 69.2 Å². The molecular weight excluding hydrogens is 392 g/mol. The van der Waals surface area contributed by atoms with E-state index < -0.39 is 0 Å². The Kier molecular flexibility index (Phi) is 6.37. The molecule has 0 saturated carbocycles. The van der Waals surface area contributed by atoms with Gasteiger partial charge in [-0.3, -0.25) is 4.79 Å². The lowest BCUT2D eigenvalue weighted by Gasteiger charge is -2.38. The third-order valence-electron chi connectivity index (χ3n) is 5.80. The fourth-order valence-corrected chi connectivity index (χ4v) is 6.05. The third-order valence-corrected chi connectivity index (χ3v) is 7.29. The molecule has 0 saturated heterocycles. The van der Waals surface area contributed by atoms with Crippen LogP contribution in [0.4, 0.5) is 5.00 Å². The molecule has 6 heteroatoms. The first-order valence-electron chi connectivity index (χ1n) is 10.7. The van der Waals surface area contributed by atoms with Gasteiger partial charge in [0, 0.05) is 17.9 Å². The number of amides is 1. The Morgan fingerprint density at radius 1 is 1.27 bits per heavy atom. The number of benzene rings is 1. The summed E-state index contributed by atoms with van der Waals surface area (Å²) in [6.45, 7) is 13.5. The largest absolute Gasteiger partial charge is 0.333 e. The molecular formula is C24H34N4OS+2. The van der Waals surface area contributed by atoms with Gasteiger partial charge >= 0.3 is 0 Å². The number of nitriles is 1. The molecule has 5 N–H and O–H groups in total. The summed E-state index contributed by atoms with van der Waals surface area (Å²) >= 11 is 1.56. The van der Waals surface area contributed by atoms with Gasteiger partial charge in [0.05, 0.1) is 16.0 Å². The molecule has 5 nitrogen and oxygen atoms in total. The number of nitrogens with zero attached hydrogens (tertiary/aromatic N) is 1. The van der Waals surface area contributed by atoms with Crippen molar-refractivity contribution in [3.8, 4) is 6.07 Å². The van der Waals surface area contributed by atoms with Gasteiger partial charge in [0.25, 0.3) is 5.91 Å². The van der Waals surface area contributed by atoms with Crippen molar-refractivity contribution >= 4 is 22.2 Å². The fraction of sp³-hybridized carbons (Fsp3) is 0.500. The van der Waals surface area contributed by atoms with Crippen LogP contribution in [0.5, 0.6) is 0 Å². The molecule has 3 rings (SSSR count). The Balaban J connectivity index is 1.76. The van der Waals surface area contributed by atoms with Gasteiger partial charge in [-0.05, 0) is 33.3 Å². The molecule has 1 amide bonds. The van der Waals surface area contributed by atoms with Crippen LogP contribution in [0.3, 0.4) is 0 Å². The smallest absolute Gasteiger partial charge is 0.280 e. The zero-order chi connectivity index (χ0) is 22.1. The summed E-state index contributed by atoms with van der Waals surface area (Å²) in [5.41, 5.74) is 2.88. The van der Waals surface area contributed by atoms with Gasteiger partial charge < -0.3 is 16.0 Å². The van der Waals surface area contributed by atoms with E-state index in [1.165, 1.54) is 10.4 Å². The molecule has 1 aromatic heterocycles. The van der Waals surface area contributed by atoms with Crippen molar-refractivity contribution in [1.29, 1.82) is 5.26 Å². The normalized spacial score (nSPS) is 17.8. The van der Waals surface area contributed by atoms with E-state index in [0.29, 0.717) is 23.0 Å². The number of anilines is 1. The summed E-state index contributed by atoms with van der Waals surface area (Å²) in [6.07, 6.45) is 0.830. The quantitative estimate of drug-likeness (QED) is 0.663. The highest BCUT2D eigenvalue weighted by atomic mass is 32.1. The summed E-state index contributed by atoms with van der Waals surface area (Å²) < 4.78 is 0. The first-order valence-corrected chi connectivity index (χ1v) is 11.5. The van der Waals surface area contributed by atoms with Crippen molar-refractivity contribution in [2.24, 2.45) is 5.92 Å². The molecule has 0 bridgehead atoms. The average molecular weight is 427 g/mol. The van der Waals surface area contributed by atoms with Crippen molar-refractivity contribution in [3.63, 3.8) is 0 Å². The second kappa shape index (κ2) is 8.50.